The van der Waals surface area contributed by atoms with Crippen LogP contribution in [0.4, 0.5) is 0 Å². The van der Waals surface area contributed by atoms with Crippen molar-refractivity contribution in [1.29, 1.82) is 0 Å². The number of aromatic nitrogens is 3. The van der Waals surface area contributed by atoms with E-state index in [1.165, 1.54) is 18.2 Å². The van der Waals surface area contributed by atoms with Crippen molar-refractivity contribution in [2.75, 3.05) is 20.3 Å². The first-order chi connectivity index (χ1) is 11.2. The van der Waals surface area contributed by atoms with E-state index in [-0.39, 0.29) is 12.5 Å². The second kappa shape index (κ2) is 7.08. The molecule has 2 aromatic heterocycles. The number of nitrogens with zero attached hydrogens (tertiary/aromatic N) is 3. The van der Waals surface area contributed by atoms with Crippen LogP contribution in [0.15, 0.2) is 18.3 Å². The number of amides is 1. The fraction of sp³-hybridized carbons (Fsp3) is 0.588. The van der Waals surface area contributed by atoms with Crippen molar-refractivity contribution in [2.24, 2.45) is 13.0 Å². The number of rotatable bonds is 5. The van der Waals surface area contributed by atoms with Crippen LogP contribution in [0.25, 0.3) is 11.0 Å². The molecule has 23 heavy (non-hydrogen) atoms. The van der Waals surface area contributed by atoms with E-state index < -0.39 is 0 Å². The van der Waals surface area contributed by atoms with Crippen molar-refractivity contribution in [2.45, 2.75) is 31.6 Å². The first-order valence-corrected chi connectivity index (χ1v) is 8.22. The van der Waals surface area contributed by atoms with E-state index in [2.05, 4.69) is 16.4 Å². The molecule has 0 radical (unpaired) electrons. The maximum absolute atomic E-state index is 11.5. The summed E-state index contributed by atoms with van der Waals surface area (Å²) in [7, 11) is 3.49. The molecule has 1 aliphatic rings. The highest BCUT2D eigenvalue weighted by molar-refractivity contribution is 5.78. The van der Waals surface area contributed by atoms with Gasteiger partial charge in [-0.25, -0.2) is 4.98 Å². The van der Waals surface area contributed by atoms with E-state index in [1.54, 1.807) is 0 Å². The SMILES string of the molecule is COCC(=O)NCC1CCC(c2nn(C)c3ncccc23)CC1. The highest BCUT2D eigenvalue weighted by Crippen LogP contribution is 2.37. The van der Waals surface area contributed by atoms with Gasteiger partial charge in [-0.15, -0.1) is 0 Å². The van der Waals surface area contributed by atoms with E-state index >= 15 is 0 Å². The Balaban J connectivity index is 1.59. The van der Waals surface area contributed by atoms with E-state index in [9.17, 15) is 4.79 Å². The summed E-state index contributed by atoms with van der Waals surface area (Å²) in [6.07, 6.45) is 6.29. The lowest BCUT2D eigenvalue weighted by Gasteiger charge is -2.27. The summed E-state index contributed by atoms with van der Waals surface area (Å²) >= 11 is 0. The number of pyridine rings is 1. The average Bonchev–Trinajstić information content (AvgIpc) is 2.91. The fourth-order valence-electron chi connectivity index (χ4n) is 3.50. The average molecular weight is 316 g/mol. The Morgan fingerprint density at radius 2 is 2.17 bits per heavy atom. The third kappa shape index (κ3) is 3.52. The fourth-order valence-corrected chi connectivity index (χ4v) is 3.50. The smallest absolute Gasteiger partial charge is 0.245 e. The van der Waals surface area contributed by atoms with Crippen LogP contribution in [0, 0.1) is 5.92 Å². The van der Waals surface area contributed by atoms with E-state index in [4.69, 9.17) is 9.84 Å². The van der Waals surface area contributed by atoms with Crippen LogP contribution in [-0.4, -0.2) is 40.9 Å². The Kier molecular flexibility index (Phi) is 4.91. The standard InChI is InChI=1S/C17H24N4O2/c1-21-17-14(4-3-9-18-17)16(20-21)13-7-5-12(6-8-13)10-19-15(22)11-23-2/h3-4,9,12-13H,5-8,10-11H2,1-2H3,(H,19,22). The van der Waals surface area contributed by atoms with Crippen molar-refractivity contribution in [3.63, 3.8) is 0 Å². The molecule has 2 aromatic rings. The van der Waals surface area contributed by atoms with Gasteiger partial charge in [0.05, 0.1) is 5.69 Å². The molecule has 3 rings (SSSR count). The van der Waals surface area contributed by atoms with Crippen molar-refractivity contribution in [1.82, 2.24) is 20.1 Å². The van der Waals surface area contributed by atoms with E-state index in [1.807, 2.05) is 24.0 Å². The third-order valence-electron chi connectivity index (χ3n) is 4.72. The minimum atomic E-state index is -0.0311. The minimum absolute atomic E-state index is 0.0311. The summed E-state index contributed by atoms with van der Waals surface area (Å²) in [5, 5.41) is 8.83. The van der Waals surface area contributed by atoms with E-state index in [0.717, 1.165) is 37.9 Å². The minimum Gasteiger partial charge on any atom is -0.375 e. The first-order valence-electron chi connectivity index (χ1n) is 8.22. The quantitative estimate of drug-likeness (QED) is 0.916. The normalized spacial score (nSPS) is 21.5. The van der Waals surface area contributed by atoms with Gasteiger partial charge in [0.2, 0.25) is 5.91 Å². The number of aryl methyl sites for hydroxylation is 1. The van der Waals surface area contributed by atoms with Gasteiger partial charge in [0.15, 0.2) is 5.65 Å². The molecule has 1 N–H and O–H groups in total. The molecule has 1 fully saturated rings. The lowest BCUT2D eigenvalue weighted by atomic mass is 9.80. The van der Waals surface area contributed by atoms with Crippen molar-refractivity contribution in [3.05, 3.63) is 24.0 Å². The number of ether oxygens (including phenoxy) is 1. The molecule has 2 heterocycles. The molecule has 6 nitrogen and oxygen atoms in total. The second-order valence-electron chi connectivity index (χ2n) is 6.34. The Labute approximate surface area is 136 Å². The van der Waals surface area contributed by atoms with Crippen molar-refractivity contribution < 1.29 is 9.53 Å². The molecule has 124 valence electrons. The number of methoxy groups -OCH3 is 1. The molecule has 0 atom stereocenters. The number of fused-ring (bicyclic) bond motifs is 1. The number of nitrogens with one attached hydrogen (secondary N) is 1. The Hall–Kier alpha value is -1.95. The van der Waals surface area contributed by atoms with Crippen molar-refractivity contribution >= 4 is 16.9 Å². The Bertz CT molecular complexity index is 674. The maximum atomic E-state index is 11.5. The zero-order chi connectivity index (χ0) is 16.2. The van der Waals surface area contributed by atoms with Crippen LogP contribution in [0.1, 0.15) is 37.3 Å². The summed E-state index contributed by atoms with van der Waals surface area (Å²) in [5.74, 6) is 1.02. The summed E-state index contributed by atoms with van der Waals surface area (Å²) in [4.78, 5) is 15.9. The molecule has 0 spiro atoms. The molecule has 1 aliphatic carbocycles. The molecule has 0 aromatic carbocycles. The van der Waals surface area contributed by atoms with Crippen molar-refractivity contribution in [3.8, 4) is 0 Å². The van der Waals surface area contributed by atoms with Gasteiger partial charge in [0.25, 0.3) is 0 Å². The van der Waals surface area contributed by atoms with E-state index in [0.29, 0.717) is 11.8 Å². The Morgan fingerprint density at radius 1 is 1.39 bits per heavy atom. The molecule has 1 amide bonds. The van der Waals surface area contributed by atoms with Crippen LogP contribution in [0.2, 0.25) is 0 Å². The molecular formula is C17H24N4O2. The molecule has 1 saturated carbocycles. The summed E-state index contributed by atoms with van der Waals surface area (Å²) < 4.78 is 6.71. The zero-order valence-electron chi connectivity index (χ0n) is 13.8. The van der Waals surface area contributed by atoms with Crippen LogP contribution >= 0.6 is 0 Å². The van der Waals surface area contributed by atoms with Crippen LogP contribution in [0.3, 0.4) is 0 Å². The summed E-state index contributed by atoms with van der Waals surface area (Å²) in [5.41, 5.74) is 2.13. The number of hydrogen-bond donors (Lipinski definition) is 1. The van der Waals surface area contributed by atoms with Gasteiger partial charge in [-0.2, -0.15) is 5.10 Å². The zero-order valence-corrected chi connectivity index (χ0v) is 13.8. The highest BCUT2D eigenvalue weighted by atomic mass is 16.5. The molecule has 0 unspecified atom stereocenters. The van der Waals surface area contributed by atoms with Crippen LogP contribution < -0.4 is 5.32 Å². The predicted octanol–water partition coefficient (Wildman–Crippen LogP) is 2.00. The predicted molar refractivity (Wildman–Crippen MR) is 88.1 cm³/mol. The maximum Gasteiger partial charge on any atom is 0.245 e. The highest BCUT2D eigenvalue weighted by Gasteiger charge is 2.26. The van der Waals surface area contributed by atoms with Gasteiger partial charge in [-0.1, -0.05) is 0 Å². The summed E-state index contributed by atoms with van der Waals surface area (Å²) in [6, 6.07) is 4.09. The molecule has 0 aliphatic heterocycles. The number of carbonyl (C=O) groups excluding carboxylic acids is 1. The lowest BCUT2D eigenvalue weighted by Crippen LogP contribution is -2.33. The lowest BCUT2D eigenvalue weighted by molar-refractivity contribution is -0.124. The topological polar surface area (TPSA) is 69.0 Å². The Morgan fingerprint density at radius 3 is 2.91 bits per heavy atom. The monoisotopic (exact) mass is 316 g/mol. The molecule has 0 bridgehead atoms. The van der Waals surface area contributed by atoms with Gasteiger partial charge in [0.1, 0.15) is 6.61 Å². The largest absolute Gasteiger partial charge is 0.375 e. The van der Waals surface area contributed by atoms with Gasteiger partial charge >= 0.3 is 0 Å². The van der Waals surface area contributed by atoms with Crippen LogP contribution in [0.5, 0.6) is 0 Å². The van der Waals surface area contributed by atoms with Gasteiger partial charge in [-0.05, 0) is 43.7 Å². The summed E-state index contributed by atoms with van der Waals surface area (Å²) in [6.45, 7) is 0.891. The second-order valence-corrected chi connectivity index (χ2v) is 6.34. The first kappa shape index (κ1) is 15.9. The number of hydrogen-bond acceptors (Lipinski definition) is 4. The van der Waals surface area contributed by atoms with Crippen LogP contribution in [-0.2, 0) is 16.6 Å². The molecular weight excluding hydrogens is 292 g/mol. The third-order valence-corrected chi connectivity index (χ3v) is 4.72. The van der Waals surface area contributed by atoms with Gasteiger partial charge < -0.3 is 10.1 Å². The molecule has 0 saturated heterocycles. The van der Waals surface area contributed by atoms with Gasteiger partial charge in [-0.3, -0.25) is 9.48 Å². The van der Waals surface area contributed by atoms with Gasteiger partial charge in [0, 0.05) is 38.2 Å². The number of carbonyl (C=O) groups is 1. The molecule has 6 heteroatoms.